The molecule has 1 aliphatic rings. The molecule has 3 N–H and O–H groups in total. The van der Waals surface area contributed by atoms with Gasteiger partial charge in [0.05, 0.1) is 23.7 Å². The van der Waals surface area contributed by atoms with Crippen LogP contribution in [0.15, 0.2) is 78.9 Å². The molecule has 4 rings (SSSR count). The second-order valence-corrected chi connectivity index (χ2v) is 11.5. The van der Waals surface area contributed by atoms with Crippen molar-refractivity contribution in [2.75, 3.05) is 6.61 Å². The number of carboxylic acid groups (broad SMARTS) is 1. The lowest BCUT2D eigenvalue weighted by Gasteiger charge is -2.40. The van der Waals surface area contributed by atoms with Crippen molar-refractivity contribution in [1.29, 1.82) is 0 Å². The Morgan fingerprint density at radius 2 is 1.39 bits per heavy atom. The highest BCUT2D eigenvalue weighted by atomic mass is 16.5. The van der Waals surface area contributed by atoms with E-state index in [1.54, 1.807) is 34.6 Å². The van der Waals surface area contributed by atoms with E-state index in [9.17, 15) is 19.5 Å². The number of ether oxygens (including phenoxy) is 2. The molecule has 0 saturated carbocycles. The van der Waals surface area contributed by atoms with E-state index in [1.165, 1.54) is 0 Å². The summed E-state index contributed by atoms with van der Waals surface area (Å²) in [4.78, 5) is 38.6. The van der Waals surface area contributed by atoms with Crippen LogP contribution in [0.2, 0.25) is 0 Å². The van der Waals surface area contributed by atoms with Gasteiger partial charge in [-0.15, -0.1) is 0 Å². The molecular weight excluding hydrogens is 520 g/mol. The molecule has 0 spiro atoms. The van der Waals surface area contributed by atoms with E-state index < -0.39 is 41.1 Å². The van der Waals surface area contributed by atoms with E-state index in [0.29, 0.717) is 0 Å². The van der Waals surface area contributed by atoms with Gasteiger partial charge in [-0.3, -0.25) is 9.59 Å². The average molecular weight is 559 g/mol. The van der Waals surface area contributed by atoms with Gasteiger partial charge in [-0.2, -0.15) is 0 Å². The molecule has 2 atom stereocenters. The number of carbonyl (C=O) groups is 3. The number of hydrogen-bond donors (Lipinski definition) is 3. The topological polar surface area (TPSA) is 114 Å². The lowest BCUT2D eigenvalue weighted by molar-refractivity contribution is -0.152. The summed E-state index contributed by atoms with van der Waals surface area (Å²) >= 11 is 0. The number of rotatable bonds is 11. The molecule has 216 valence electrons. The van der Waals surface area contributed by atoms with Crippen molar-refractivity contribution >= 4 is 18.0 Å². The molecule has 3 aromatic rings. The molecule has 0 bridgehead atoms. The summed E-state index contributed by atoms with van der Waals surface area (Å²) in [5.74, 6) is -1.77. The highest BCUT2D eigenvalue weighted by Gasteiger charge is 2.46. The van der Waals surface area contributed by atoms with Crippen LogP contribution in [0.4, 0.5) is 4.79 Å². The smallest absolute Gasteiger partial charge is 0.407 e. The van der Waals surface area contributed by atoms with Gasteiger partial charge in [-0.1, -0.05) is 78.9 Å². The third kappa shape index (κ3) is 6.43. The van der Waals surface area contributed by atoms with E-state index in [2.05, 4.69) is 22.8 Å². The first kappa shape index (κ1) is 29.8. The molecule has 8 nitrogen and oxygen atoms in total. The summed E-state index contributed by atoms with van der Waals surface area (Å²) in [5.41, 5.74) is 2.86. The molecule has 0 saturated heterocycles. The molecule has 3 aromatic carbocycles. The second-order valence-electron chi connectivity index (χ2n) is 11.5. The van der Waals surface area contributed by atoms with Crippen LogP contribution in [0.25, 0.3) is 11.1 Å². The van der Waals surface area contributed by atoms with Crippen LogP contribution in [0, 0.1) is 5.41 Å². The van der Waals surface area contributed by atoms with Gasteiger partial charge in [0.15, 0.2) is 0 Å². The maximum absolute atomic E-state index is 13.5. The van der Waals surface area contributed by atoms with Crippen LogP contribution in [-0.2, 0) is 25.7 Å². The third-order valence-corrected chi connectivity index (χ3v) is 8.26. The van der Waals surface area contributed by atoms with E-state index in [4.69, 9.17) is 9.47 Å². The number of alkyl carbamates (subject to hydrolysis) is 1. The Morgan fingerprint density at radius 3 is 1.95 bits per heavy atom. The van der Waals surface area contributed by atoms with Crippen LogP contribution >= 0.6 is 0 Å². The Hall–Kier alpha value is -4.17. The van der Waals surface area contributed by atoms with E-state index >= 15 is 0 Å². The Morgan fingerprint density at radius 1 is 0.854 bits per heavy atom. The van der Waals surface area contributed by atoms with Crippen LogP contribution in [0.1, 0.15) is 57.2 Å². The largest absolute Gasteiger partial charge is 0.481 e. The zero-order valence-electron chi connectivity index (χ0n) is 24.1. The molecule has 2 amide bonds. The lowest BCUT2D eigenvalue weighted by Crippen LogP contribution is -2.62. The quantitative estimate of drug-likeness (QED) is 0.286. The fourth-order valence-electron chi connectivity index (χ4n) is 4.87. The maximum atomic E-state index is 13.5. The second kappa shape index (κ2) is 12.1. The fraction of sp³-hybridized carbons (Fsp3) is 0.364. The van der Waals surface area contributed by atoms with Crippen LogP contribution < -0.4 is 10.6 Å². The Labute approximate surface area is 241 Å². The standard InChI is InChI=1S/C33H38N2O6/c1-21(40-19-22-13-7-6-8-14-22)28(29(36)35-33(4,5)32(2,3)30(37)38)34-31(39)41-20-27-25-17-11-9-15-23(25)24-16-10-12-18-26(24)27/h6-18,21,27-28H,19-20H2,1-5H3,(H,34,39)(H,35,36)(H,37,38). The highest BCUT2D eigenvalue weighted by molar-refractivity contribution is 5.88. The third-order valence-electron chi connectivity index (χ3n) is 8.26. The van der Waals surface area contributed by atoms with E-state index in [1.807, 2.05) is 66.7 Å². The summed E-state index contributed by atoms with van der Waals surface area (Å²) in [6.07, 6.45) is -1.52. The van der Waals surface area contributed by atoms with Crippen molar-refractivity contribution < 1.29 is 29.0 Å². The maximum Gasteiger partial charge on any atom is 0.407 e. The van der Waals surface area contributed by atoms with Gasteiger partial charge in [0, 0.05) is 5.92 Å². The number of hydrogen-bond acceptors (Lipinski definition) is 5. The summed E-state index contributed by atoms with van der Waals surface area (Å²) in [6, 6.07) is 24.4. The number of benzene rings is 3. The number of carboxylic acids is 1. The van der Waals surface area contributed by atoms with Crippen molar-refractivity contribution in [2.45, 2.75) is 64.8 Å². The molecule has 41 heavy (non-hydrogen) atoms. The van der Waals surface area contributed by atoms with Gasteiger partial charge in [0.25, 0.3) is 0 Å². The minimum atomic E-state index is -1.29. The van der Waals surface area contributed by atoms with E-state index in [0.717, 1.165) is 27.8 Å². The van der Waals surface area contributed by atoms with Gasteiger partial charge in [0.2, 0.25) is 5.91 Å². The summed E-state index contributed by atoms with van der Waals surface area (Å²) < 4.78 is 11.7. The van der Waals surface area contributed by atoms with Crippen LogP contribution in [0.3, 0.4) is 0 Å². The Kier molecular flexibility index (Phi) is 8.83. The molecule has 0 radical (unpaired) electrons. The van der Waals surface area contributed by atoms with Crippen molar-refractivity contribution in [3.05, 3.63) is 95.6 Å². The first-order chi connectivity index (χ1) is 19.4. The first-order valence-corrected chi connectivity index (χ1v) is 13.7. The SMILES string of the molecule is CC(OCc1ccccc1)C(NC(=O)OCC1c2ccccc2-c2ccccc21)C(=O)NC(C)(C)C(C)(C)C(=O)O. The van der Waals surface area contributed by atoms with Gasteiger partial charge < -0.3 is 25.2 Å². The molecule has 8 heteroatoms. The predicted molar refractivity (Wildman–Crippen MR) is 156 cm³/mol. The van der Waals surface area contributed by atoms with Crippen molar-refractivity contribution in [3.8, 4) is 11.1 Å². The first-order valence-electron chi connectivity index (χ1n) is 13.7. The van der Waals surface area contributed by atoms with Gasteiger partial charge in [-0.25, -0.2) is 4.79 Å². The Bertz CT molecular complexity index is 1360. The monoisotopic (exact) mass is 558 g/mol. The number of aliphatic carboxylic acids is 1. The molecule has 1 aliphatic carbocycles. The zero-order chi connectivity index (χ0) is 29.8. The summed E-state index contributed by atoms with van der Waals surface area (Å²) in [5, 5.41) is 15.2. The molecule has 0 heterocycles. The molecular formula is C33H38N2O6. The highest BCUT2D eigenvalue weighted by Crippen LogP contribution is 2.44. The van der Waals surface area contributed by atoms with Crippen LogP contribution in [-0.4, -0.2) is 47.4 Å². The number of nitrogens with one attached hydrogen (secondary N) is 2. The van der Waals surface area contributed by atoms with Crippen molar-refractivity contribution in [1.82, 2.24) is 10.6 Å². The predicted octanol–water partition coefficient (Wildman–Crippen LogP) is 5.50. The molecule has 0 fully saturated rings. The van der Waals surface area contributed by atoms with Gasteiger partial charge >= 0.3 is 12.1 Å². The molecule has 0 aliphatic heterocycles. The van der Waals surface area contributed by atoms with Crippen LogP contribution in [0.5, 0.6) is 0 Å². The average Bonchev–Trinajstić information content (AvgIpc) is 3.27. The zero-order valence-corrected chi connectivity index (χ0v) is 24.1. The summed E-state index contributed by atoms with van der Waals surface area (Å²) in [6.45, 7) is 8.36. The lowest BCUT2D eigenvalue weighted by atomic mass is 9.74. The number of fused-ring (bicyclic) bond motifs is 3. The minimum absolute atomic E-state index is 0.0883. The molecule has 2 unspecified atom stereocenters. The summed E-state index contributed by atoms with van der Waals surface area (Å²) in [7, 11) is 0. The number of carbonyl (C=O) groups excluding carboxylic acids is 2. The van der Waals surface area contributed by atoms with E-state index in [-0.39, 0.29) is 19.1 Å². The van der Waals surface area contributed by atoms with Crippen molar-refractivity contribution in [2.24, 2.45) is 5.41 Å². The van der Waals surface area contributed by atoms with Gasteiger partial charge in [0.1, 0.15) is 12.6 Å². The molecule has 0 aromatic heterocycles. The minimum Gasteiger partial charge on any atom is -0.481 e. The van der Waals surface area contributed by atoms with Crippen molar-refractivity contribution in [3.63, 3.8) is 0 Å². The normalized spacial score (nSPS) is 14.4. The fourth-order valence-corrected chi connectivity index (χ4v) is 4.87. The Balaban J connectivity index is 1.49. The number of amides is 2. The van der Waals surface area contributed by atoms with Gasteiger partial charge in [-0.05, 0) is 62.4 Å².